The standard InChI is InChI=1S/C14H25N3OS/c1-3-12-13(10-15-6-9-18-2)19-14(16-12)11-17-7-4-5-8-17/h15H,3-11H2,1-2H3. The van der Waals surface area contributed by atoms with Crippen molar-refractivity contribution < 1.29 is 4.74 Å². The van der Waals surface area contributed by atoms with Crippen molar-refractivity contribution in [3.05, 3.63) is 15.6 Å². The third-order valence-electron chi connectivity index (χ3n) is 3.48. The van der Waals surface area contributed by atoms with E-state index >= 15 is 0 Å². The van der Waals surface area contributed by atoms with Gasteiger partial charge in [0.05, 0.1) is 18.8 Å². The minimum absolute atomic E-state index is 0.765. The monoisotopic (exact) mass is 283 g/mol. The summed E-state index contributed by atoms with van der Waals surface area (Å²) in [7, 11) is 1.74. The van der Waals surface area contributed by atoms with Crippen LogP contribution in [0.3, 0.4) is 0 Å². The quantitative estimate of drug-likeness (QED) is 0.741. The summed E-state index contributed by atoms with van der Waals surface area (Å²) in [6.07, 6.45) is 3.71. The number of hydrogen-bond acceptors (Lipinski definition) is 5. The van der Waals surface area contributed by atoms with Gasteiger partial charge in [-0.2, -0.15) is 0 Å². The number of methoxy groups -OCH3 is 1. The molecule has 1 fully saturated rings. The number of aromatic nitrogens is 1. The molecule has 19 heavy (non-hydrogen) atoms. The summed E-state index contributed by atoms with van der Waals surface area (Å²) in [5.74, 6) is 0. The molecule has 108 valence electrons. The van der Waals surface area contributed by atoms with Crippen LogP contribution in [0, 0.1) is 0 Å². The van der Waals surface area contributed by atoms with Crippen LogP contribution in [0.2, 0.25) is 0 Å². The van der Waals surface area contributed by atoms with Crippen LogP contribution in [0.15, 0.2) is 0 Å². The molecule has 0 radical (unpaired) electrons. The lowest BCUT2D eigenvalue weighted by Crippen LogP contribution is -2.18. The molecule has 2 rings (SSSR count). The van der Waals surface area contributed by atoms with Gasteiger partial charge in [0, 0.05) is 25.1 Å². The highest BCUT2D eigenvalue weighted by atomic mass is 32.1. The van der Waals surface area contributed by atoms with Crippen molar-refractivity contribution in [3.63, 3.8) is 0 Å². The summed E-state index contributed by atoms with van der Waals surface area (Å²) in [5, 5.41) is 4.70. The van der Waals surface area contributed by atoms with Gasteiger partial charge in [-0.25, -0.2) is 4.98 Å². The lowest BCUT2D eigenvalue weighted by molar-refractivity contribution is 0.199. The van der Waals surface area contributed by atoms with Crippen molar-refractivity contribution >= 4 is 11.3 Å². The first-order valence-corrected chi connectivity index (χ1v) is 8.04. The van der Waals surface area contributed by atoms with Crippen LogP contribution in [0.5, 0.6) is 0 Å². The molecule has 0 saturated carbocycles. The molecule has 1 aliphatic rings. The van der Waals surface area contributed by atoms with E-state index in [0.29, 0.717) is 0 Å². The minimum atomic E-state index is 0.765. The van der Waals surface area contributed by atoms with E-state index in [-0.39, 0.29) is 0 Å². The van der Waals surface area contributed by atoms with Crippen molar-refractivity contribution in [1.82, 2.24) is 15.2 Å². The predicted molar refractivity (Wildman–Crippen MR) is 79.6 cm³/mol. The zero-order chi connectivity index (χ0) is 13.5. The number of hydrogen-bond donors (Lipinski definition) is 1. The van der Waals surface area contributed by atoms with Crippen molar-refractivity contribution in [3.8, 4) is 0 Å². The van der Waals surface area contributed by atoms with Gasteiger partial charge in [-0.15, -0.1) is 11.3 Å². The Morgan fingerprint density at radius 2 is 2.16 bits per heavy atom. The van der Waals surface area contributed by atoms with E-state index in [4.69, 9.17) is 9.72 Å². The Kier molecular flexibility index (Phi) is 6.23. The molecule has 0 amide bonds. The summed E-state index contributed by atoms with van der Waals surface area (Å²) in [6, 6.07) is 0. The summed E-state index contributed by atoms with van der Waals surface area (Å²) < 4.78 is 5.05. The van der Waals surface area contributed by atoms with E-state index in [2.05, 4.69) is 17.1 Å². The minimum Gasteiger partial charge on any atom is -0.383 e. The van der Waals surface area contributed by atoms with E-state index in [9.17, 15) is 0 Å². The Balaban J connectivity index is 1.88. The lowest BCUT2D eigenvalue weighted by atomic mass is 10.3. The van der Waals surface area contributed by atoms with Crippen LogP contribution < -0.4 is 5.32 Å². The molecule has 0 spiro atoms. The maximum atomic E-state index is 5.05. The molecule has 4 nitrogen and oxygen atoms in total. The third kappa shape index (κ3) is 4.53. The van der Waals surface area contributed by atoms with Crippen LogP contribution in [0.25, 0.3) is 0 Å². The van der Waals surface area contributed by atoms with Crippen LogP contribution in [-0.2, 0) is 24.2 Å². The molecular weight excluding hydrogens is 258 g/mol. The predicted octanol–water partition coefficient (Wildman–Crippen LogP) is 2.04. The van der Waals surface area contributed by atoms with Gasteiger partial charge < -0.3 is 10.1 Å². The second kappa shape index (κ2) is 7.94. The van der Waals surface area contributed by atoms with Gasteiger partial charge in [0.1, 0.15) is 5.01 Å². The number of rotatable bonds is 8. The molecular formula is C14H25N3OS. The van der Waals surface area contributed by atoms with Gasteiger partial charge in [0.15, 0.2) is 0 Å². The van der Waals surface area contributed by atoms with E-state index in [1.165, 1.54) is 41.5 Å². The molecule has 2 heterocycles. The Morgan fingerprint density at radius 1 is 1.37 bits per heavy atom. The molecule has 5 heteroatoms. The second-order valence-corrected chi connectivity index (χ2v) is 6.15. The van der Waals surface area contributed by atoms with E-state index < -0.39 is 0 Å². The highest BCUT2D eigenvalue weighted by Crippen LogP contribution is 2.22. The van der Waals surface area contributed by atoms with E-state index in [0.717, 1.165) is 32.7 Å². The summed E-state index contributed by atoms with van der Waals surface area (Å²) >= 11 is 1.87. The average Bonchev–Trinajstić information content (AvgIpc) is 3.05. The van der Waals surface area contributed by atoms with Crippen LogP contribution in [0.4, 0.5) is 0 Å². The Morgan fingerprint density at radius 3 is 2.84 bits per heavy atom. The fraction of sp³-hybridized carbons (Fsp3) is 0.786. The molecule has 0 unspecified atom stereocenters. The summed E-state index contributed by atoms with van der Waals surface area (Å²) in [5.41, 5.74) is 1.27. The molecule has 0 atom stereocenters. The van der Waals surface area contributed by atoms with Crippen LogP contribution in [0.1, 0.15) is 35.3 Å². The smallest absolute Gasteiger partial charge is 0.107 e. The van der Waals surface area contributed by atoms with E-state index in [1.54, 1.807) is 7.11 Å². The van der Waals surface area contributed by atoms with Crippen LogP contribution in [-0.4, -0.2) is 43.2 Å². The first-order valence-electron chi connectivity index (χ1n) is 7.23. The SMILES string of the molecule is CCc1nc(CN2CCCC2)sc1CNCCOC. The maximum absolute atomic E-state index is 5.05. The average molecular weight is 283 g/mol. The second-order valence-electron chi connectivity index (χ2n) is 4.98. The van der Waals surface area contributed by atoms with Gasteiger partial charge in [0.2, 0.25) is 0 Å². The highest BCUT2D eigenvalue weighted by Gasteiger charge is 2.15. The van der Waals surface area contributed by atoms with E-state index in [1.807, 2.05) is 11.3 Å². The van der Waals surface area contributed by atoms with Crippen molar-refractivity contribution in [2.75, 3.05) is 33.4 Å². The molecule has 1 aromatic rings. The topological polar surface area (TPSA) is 37.4 Å². The van der Waals surface area contributed by atoms with Gasteiger partial charge in [-0.3, -0.25) is 4.90 Å². The number of nitrogens with one attached hydrogen (secondary N) is 1. The normalized spacial score (nSPS) is 16.3. The molecule has 1 aliphatic heterocycles. The lowest BCUT2D eigenvalue weighted by Gasteiger charge is -2.11. The molecule has 1 aromatic heterocycles. The number of likely N-dealkylation sites (tertiary alicyclic amines) is 1. The number of aryl methyl sites for hydroxylation is 1. The highest BCUT2D eigenvalue weighted by molar-refractivity contribution is 7.11. The van der Waals surface area contributed by atoms with Gasteiger partial charge in [0.25, 0.3) is 0 Å². The van der Waals surface area contributed by atoms with Crippen molar-refractivity contribution in [2.24, 2.45) is 0 Å². The first-order chi connectivity index (χ1) is 9.33. The van der Waals surface area contributed by atoms with Crippen molar-refractivity contribution in [2.45, 2.75) is 39.3 Å². The van der Waals surface area contributed by atoms with Gasteiger partial charge in [-0.1, -0.05) is 6.92 Å². The molecule has 0 bridgehead atoms. The Labute approximate surface area is 120 Å². The number of ether oxygens (including phenoxy) is 1. The number of nitrogens with zero attached hydrogens (tertiary/aromatic N) is 2. The van der Waals surface area contributed by atoms with Gasteiger partial charge >= 0.3 is 0 Å². The fourth-order valence-corrected chi connectivity index (χ4v) is 3.60. The Hall–Kier alpha value is -0.490. The zero-order valence-corrected chi connectivity index (χ0v) is 12.9. The summed E-state index contributed by atoms with van der Waals surface area (Å²) in [4.78, 5) is 8.71. The largest absolute Gasteiger partial charge is 0.383 e. The number of thiazole rings is 1. The molecule has 0 aromatic carbocycles. The van der Waals surface area contributed by atoms with Crippen LogP contribution >= 0.6 is 11.3 Å². The first kappa shape index (κ1) is 14.9. The maximum Gasteiger partial charge on any atom is 0.107 e. The fourth-order valence-electron chi connectivity index (χ4n) is 2.43. The van der Waals surface area contributed by atoms with Gasteiger partial charge in [-0.05, 0) is 32.4 Å². The zero-order valence-electron chi connectivity index (χ0n) is 12.1. The third-order valence-corrected chi connectivity index (χ3v) is 4.57. The molecule has 1 saturated heterocycles. The Bertz CT molecular complexity index is 375. The summed E-state index contributed by atoms with van der Waals surface area (Å²) in [6.45, 7) is 8.29. The molecule has 1 N–H and O–H groups in total. The molecule has 0 aliphatic carbocycles. The van der Waals surface area contributed by atoms with Crippen molar-refractivity contribution in [1.29, 1.82) is 0 Å².